The van der Waals surface area contributed by atoms with E-state index in [0.29, 0.717) is 37.0 Å². The summed E-state index contributed by atoms with van der Waals surface area (Å²) in [5.74, 6) is -0.760. The van der Waals surface area contributed by atoms with Gasteiger partial charge in [0.15, 0.2) is 0 Å². The fourth-order valence-electron chi connectivity index (χ4n) is 4.74. The minimum Gasteiger partial charge on any atom is -0.465 e. The molecule has 0 bridgehead atoms. The van der Waals surface area contributed by atoms with Gasteiger partial charge in [0.25, 0.3) is 10.0 Å². The van der Waals surface area contributed by atoms with Gasteiger partial charge in [0, 0.05) is 42.7 Å². The van der Waals surface area contributed by atoms with Gasteiger partial charge >= 0.3 is 5.97 Å². The molecule has 1 aromatic heterocycles. The van der Waals surface area contributed by atoms with Gasteiger partial charge < -0.3 is 20.1 Å². The summed E-state index contributed by atoms with van der Waals surface area (Å²) in [6, 6.07) is 3.03. The van der Waals surface area contributed by atoms with E-state index in [1.807, 2.05) is 18.2 Å². The monoisotopic (exact) mass is 611 g/mol. The first-order chi connectivity index (χ1) is 19.5. The van der Waals surface area contributed by atoms with Crippen molar-refractivity contribution >= 4 is 39.3 Å². The van der Waals surface area contributed by atoms with Crippen molar-refractivity contribution in [3.63, 3.8) is 0 Å². The number of carbonyl (C=O) groups excluding carboxylic acids is 2. The fraction of sp³-hybridized carbons (Fsp3) is 0.633. The molecule has 1 heterocycles. The van der Waals surface area contributed by atoms with Crippen molar-refractivity contribution in [1.29, 1.82) is 0 Å². The Hall–Kier alpha value is -2.18. The molecule has 0 aliphatic heterocycles. The van der Waals surface area contributed by atoms with Crippen LogP contribution in [0.2, 0.25) is 0 Å². The van der Waals surface area contributed by atoms with Gasteiger partial charge in [0.05, 0.1) is 24.9 Å². The topological polar surface area (TPSA) is 151 Å². The molecular weight excluding hydrogens is 566 g/mol. The lowest BCUT2D eigenvalue weighted by Crippen LogP contribution is -2.20. The Bertz CT molecular complexity index is 1140. The van der Waals surface area contributed by atoms with Crippen LogP contribution < -0.4 is 0 Å². The molecule has 11 heteroatoms. The van der Waals surface area contributed by atoms with E-state index in [2.05, 4.69) is 11.3 Å². The van der Waals surface area contributed by atoms with Crippen LogP contribution in [0.15, 0.2) is 45.0 Å². The van der Waals surface area contributed by atoms with E-state index in [9.17, 15) is 33.3 Å². The Morgan fingerprint density at radius 2 is 1.93 bits per heavy atom. The largest absolute Gasteiger partial charge is 0.465 e. The molecular formula is C30H45NO8S2. The van der Waals surface area contributed by atoms with Crippen LogP contribution >= 0.6 is 11.3 Å². The normalized spacial score (nSPS) is 22.3. The average molecular weight is 612 g/mol. The molecule has 230 valence electrons. The number of hydrogen-bond acceptors (Lipinski definition) is 9. The van der Waals surface area contributed by atoms with Crippen LogP contribution in [0, 0.1) is 11.8 Å². The molecule has 0 unspecified atom stereocenters. The highest BCUT2D eigenvalue weighted by atomic mass is 32.2. The number of nitrogens with zero attached hydrogens (tertiary/aromatic N) is 1. The predicted molar refractivity (Wildman–Crippen MR) is 160 cm³/mol. The number of rotatable bonds is 19. The van der Waals surface area contributed by atoms with Crippen molar-refractivity contribution in [1.82, 2.24) is 0 Å². The molecule has 3 N–H and O–H groups in total. The Kier molecular flexibility index (Phi) is 15.7. The van der Waals surface area contributed by atoms with E-state index in [0.717, 1.165) is 30.6 Å². The number of ether oxygens (including phenoxy) is 1. The summed E-state index contributed by atoms with van der Waals surface area (Å²) in [5, 5.41) is 30.9. The molecule has 1 aliphatic carbocycles. The van der Waals surface area contributed by atoms with Crippen LogP contribution in [0.4, 0.5) is 0 Å². The lowest BCUT2D eigenvalue weighted by atomic mass is 9.89. The van der Waals surface area contributed by atoms with Crippen molar-refractivity contribution in [3.8, 4) is 0 Å². The number of allylic oxidation sites excluding steroid dienone is 2. The average Bonchev–Trinajstić information content (AvgIpc) is 3.48. The predicted octanol–water partition coefficient (Wildman–Crippen LogP) is 4.54. The molecule has 0 amide bonds. The highest BCUT2D eigenvalue weighted by Gasteiger charge is 2.39. The number of aliphatic hydroxyl groups is 3. The van der Waals surface area contributed by atoms with E-state index < -0.39 is 28.3 Å². The van der Waals surface area contributed by atoms with Gasteiger partial charge in [-0.3, -0.25) is 9.59 Å². The molecule has 1 aliphatic rings. The number of carbonyl (C=O) groups is 2. The van der Waals surface area contributed by atoms with Gasteiger partial charge in [0.1, 0.15) is 9.99 Å². The maximum Gasteiger partial charge on any atom is 0.305 e. The number of esters is 1. The summed E-state index contributed by atoms with van der Waals surface area (Å²) in [5.41, 5.74) is 0. The summed E-state index contributed by atoms with van der Waals surface area (Å²) < 4.78 is 33.4. The number of unbranched alkanes of at least 4 members (excludes halogenated alkanes) is 3. The molecule has 0 aromatic carbocycles. The second-order valence-corrected chi connectivity index (χ2v) is 13.6. The Morgan fingerprint density at radius 1 is 1.15 bits per heavy atom. The Balaban J connectivity index is 1.65. The standard InChI is InChI=1S/C30H45NO8S2/c1-3-4-7-11-23(33)14-16-26-25(27(34)21-28(26)35)12-8-5-6-9-13-29(36)39-19-10-18-31-41(37,38)30-17-15-24(40-30)20-22(2)32/h5,8,14-18,23,25-28,33-35H,3-4,6-7,9-13,19-21H2,1-2H3/b8-5-,16-14+,31-18?/t23-,25+,26+,27-,28+/m0/s1. The quantitative estimate of drug-likeness (QED) is 0.0893. The maximum atomic E-state index is 12.3. The summed E-state index contributed by atoms with van der Waals surface area (Å²) in [6.07, 6.45) is 13.5. The number of aliphatic hydroxyl groups excluding tert-OH is 3. The molecule has 0 spiro atoms. The van der Waals surface area contributed by atoms with E-state index in [4.69, 9.17) is 4.74 Å². The van der Waals surface area contributed by atoms with Gasteiger partial charge in [-0.2, -0.15) is 12.8 Å². The first-order valence-electron chi connectivity index (χ1n) is 14.4. The maximum absolute atomic E-state index is 12.3. The van der Waals surface area contributed by atoms with Crippen molar-refractivity contribution in [3.05, 3.63) is 41.3 Å². The molecule has 0 radical (unpaired) electrons. The molecule has 5 atom stereocenters. The Morgan fingerprint density at radius 3 is 2.66 bits per heavy atom. The molecule has 1 fully saturated rings. The molecule has 41 heavy (non-hydrogen) atoms. The minimum atomic E-state index is -3.84. The van der Waals surface area contributed by atoms with Gasteiger partial charge in [-0.05, 0) is 50.7 Å². The third-order valence-electron chi connectivity index (χ3n) is 6.94. The summed E-state index contributed by atoms with van der Waals surface area (Å²) in [4.78, 5) is 23.8. The zero-order valence-electron chi connectivity index (χ0n) is 24.1. The number of sulfonamides is 1. The summed E-state index contributed by atoms with van der Waals surface area (Å²) in [6.45, 7) is 3.58. The summed E-state index contributed by atoms with van der Waals surface area (Å²) >= 11 is 1.02. The fourth-order valence-corrected chi connectivity index (χ4v) is 7.06. The van der Waals surface area contributed by atoms with Crippen LogP contribution in [0.5, 0.6) is 0 Å². The molecule has 1 aromatic rings. The molecule has 9 nitrogen and oxygen atoms in total. The van der Waals surface area contributed by atoms with Gasteiger partial charge in [0.2, 0.25) is 0 Å². The van der Waals surface area contributed by atoms with E-state index in [1.165, 1.54) is 19.2 Å². The van der Waals surface area contributed by atoms with Crippen LogP contribution in [0.1, 0.15) is 82.9 Å². The smallest absolute Gasteiger partial charge is 0.305 e. The summed E-state index contributed by atoms with van der Waals surface area (Å²) in [7, 11) is -3.84. The number of Topliss-reactive ketones (excluding diaryl/α,β-unsaturated/α-hetero) is 1. The van der Waals surface area contributed by atoms with Gasteiger partial charge in [-0.1, -0.05) is 50.5 Å². The lowest BCUT2D eigenvalue weighted by Gasteiger charge is -2.19. The second-order valence-electron chi connectivity index (χ2n) is 10.5. The Labute approximate surface area is 248 Å². The first kappa shape index (κ1) is 35.0. The van der Waals surface area contributed by atoms with E-state index in [-0.39, 0.29) is 53.7 Å². The minimum absolute atomic E-state index is 0.0256. The highest BCUT2D eigenvalue weighted by Crippen LogP contribution is 2.36. The highest BCUT2D eigenvalue weighted by molar-refractivity contribution is 7.92. The lowest BCUT2D eigenvalue weighted by molar-refractivity contribution is -0.143. The van der Waals surface area contributed by atoms with Crippen molar-refractivity contribution in [2.24, 2.45) is 16.2 Å². The van der Waals surface area contributed by atoms with Gasteiger partial charge in [-0.25, -0.2) is 0 Å². The van der Waals surface area contributed by atoms with Crippen LogP contribution in [-0.4, -0.2) is 66.6 Å². The molecule has 0 saturated heterocycles. The third kappa shape index (κ3) is 13.1. The molecule has 2 rings (SSSR count). The number of thiophene rings is 1. The third-order valence-corrected chi connectivity index (χ3v) is 9.77. The van der Waals surface area contributed by atoms with Crippen molar-refractivity contribution in [2.45, 2.75) is 107 Å². The van der Waals surface area contributed by atoms with Crippen LogP contribution in [-0.2, 0) is 30.8 Å². The zero-order valence-corrected chi connectivity index (χ0v) is 25.7. The van der Waals surface area contributed by atoms with Crippen LogP contribution in [0.25, 0.3) is 0 Å². The van der Waals surface area contributed by atoms with Crippen LogP contribution in [0.3, 0.4) is 0 Å². The number of ketones is 1. The first-order valence-corrected chi connectivity index (χ1v) is 16.7. The van der Waals surface area contributed by atoms with E-state index in [1.54, 1.807) is 12.1 Å². The zero-order chi connectivity index (χ0) is 30.3. The number of hydrogen-bond donors (Lipinski definition) is 3. The SMILES string of the molecule is CCCCC[C@H](O)/C=C/[C@@H]1[C@@H](C/C=C\CCCC(=O)OCCC=NS(=O)(=O)c2ccc(CC(C)=O)s2)[C@@H](O)C[C@H]1O. The van der Waals surface area contributed by atoms with Crippen molar-refractivity contribution in [2.75, 3.05) is 6.61 Å². The van der Waals surface area contributed by atoms with Gasteiger partial charge in [-0.15, -0.1) is 11.3 Å². The molecule has 1 saturated carbocycles. The van der Waals surface area contributed by atoms with E-state index >= 15 is 0 Å². The second kappa shape index (κ2) is 18.4. The van der Waals surface area contributed by atoms with Crippen molar-refractivity contribution < 1.29 is 38.1 Å².